The Kier molecular flexibility index (Phi) is 7.81. The predicted octanol–water partition coefficient (Wildman–Crippen LogP) is 5.43. The largest absolute Gasteiger partial charge is 0.447 e. The second-order valence-corrected chi connectivity index (χ2v) is 8.05. The highest BCUT2D eigenvalue weighted by atomic mass is 79.9. The lowest BCUT2D eigenvalue weighted by Crippen LogP contribution is -2.31. The van der Waals surface area contributed by atoms with Gasteiger partial charge in [0.2, 0.25) is 5.91 Å². The first-order chi connectivity index (χ1) is 14.8. The van der Waals surface area contributed by atoms with Crippen LogP contribution in [0.5, 0.6) is 0 Å². The number of ether oxygens (including phenoxy) is 1. The Balaban J connectivity index is 1.43. The maximum absolute atomic E-state index is 13.5. The van der Waals surface area contributed by atoms with Crippen LogP contribution in [0.25, 0.3) is 10.8 Å². The van der Waals surface area contributed by atoms with Crippen molar-refractivity contribution in [2.45, 2.75) is 12.8 Å². The molecule has 2 aromatic carbocycles. The van der Waals surface area contributed by atoms with Crippen molar-refractivity contribution in [3.63, 3.8) is 0 Å². The number of fused-ring (bicyclic) bond motifs is 1. The lowest BCUT2D eigenvalue weighted by Gasteiger charge is -2.17. The van der Waals surface area contributed by atoms with Crippen LogP contribution in [0.1, 0.15) is 12.0 Å². The molecule has 0 saturated carbocycles. The molecule has 3 rings (SSSR count). The van der Waals surface area contributed by atoms with E-state index in [2.05, 4.69) is 26.2 Å². The maximum Gasteiger partial charge on any atom is 0.412 e. The molecule has 0 aliphatic heterocycles. The summed E-state index contributed by atoms with van der Waals surface area (Å²) in [5.74, 6) is -0.300. The lowest BCUT2D eigenvalue weighted by atomic mass is 10.1. The Morgan fingerprint density at radius 3 is 2.84 bits per heavy atom. The summed E-state index contributed by atoms with van der Waals surface area (Å²) in [6.45, 7) is 0.245. The number of aromatic nitrogens is 1. The fourth-order valence-corrected chi connectivity index (χ4v) is 3.62. The normalized spacial score (nSPS) is 10.7. The molecule has 0 saturated heterocycles. The SMILES string of the molecule is CN(CCOC(=O)Nc1cc2cccc(Br)c2cn1)C(=O)CCc1cccc(F)c1Cl. The molecule has 0 bridgehead atoms. The molecule has 9 heteroatoms. The van der Waals surface area contributed by atoms with Crippen molar-refractivity contribution in [2.24, 2.45) is 0 Å². The molecule has 2 amide bonds. The van der Waals surface area contributed by atoms with Gasteiger partial charge in [-0.3, -0.25) is 10.1 Å². The summed E-state index contributed by atoms with van der Waals surface area (Å²) in [5, 5.41) is 4.46. The number of nitrogens with one attached hydrogen (secondary N) is 1. The van der Waals surface area contributed by atoms with E-state index in [9.17, 15) is 14.0 Å². The van der Waals surface area contributed by atoms with Crippen LogP contribution >= 0.6 is 27.5 Å². The summed E-state index contributed by atoms with van der Waals surface area (Å²) in [6, 6.07) is 12.0. The Morgan fingerprint density at radius 1 is 1.26 bits per heavy atom. The van der Waals surface area contributed by atoms with Crippen molar-refractivity contribution in [1.82, 2.24) is 9.88 Å². The first-order valence-corrected chi connectivity index (χ1v) is 10.7. The van der Waals surface area contributed by atoms with Crippen molar-refractivity contribution in [2.75, 3.05) is 25.5 Å². The van der Waals surface area contributed by atoms with Gasteiger partial charge in [0, 0.05) is 29.5 Å². The Labute approximate surface area is 192 Å². The van der Waals surface area contributed by atoms with Gasteiger partial charge < -0.3 is 9.64 Å². The van der Waals surface area contributed by atoms with Crippen LogP contribution < -0.4 is 5.32 Å². The molecule has 31 heavy (non-hydrogen) atoms. The molecule has 162 valence electrons. The van der Waals surface area contributed by atoms with Crippen molar-refractivity contribution in [3.8, 4) is 0 Å². The van der Waals surface area contributed by atoms with E-state index in [1.165, 1.54) is 11.0 Å². The molecule has 0 atom stereocenters. The highest BCUT2D eigenvalue weighted by molar-refractivity contribution is 9.10. The van der Waals surface area contributed by atoms with Crippen LogP contribution in [0.3, 0.4) is 0 Å². The summed E-state index contributed by atoms with van der Waals surface area (Å²) in [7, 11) is 1.61. The van der Waals surface area contributed by atoms with Crippen LogP contribution in [0.15, 0.2) is 53.1 Å². The number of amides is 2. The van der Waals surface area contributed by atoms with E-state index in [1.807, 2.05) is 18.2 Å². The van der Waals surface area contributed by atoms with Crippen molar-refractivity contribution >= 4 is 56.1 Å². The zero-order valence-corrected chi connectivity index (χ0v) is 19.0. The van der Waals surface area contributed by atoms with Crippen LogP contribution in [-0.4, -0.2) is 42.1 Å². The van der Waals surface area contributed by atoms with Gasteiger partial charge >= 0.3 is 6.09 Å². The molecule has 0 unspecified atom stereocenters. The van der Waals surface area contributed by atoms with E-state index in [4.69, 9.17) is 16.3 Å². The van der Waals surface area contributed by atoms with Gasteiger partial charge in [-0.15, -0.1) is 0 Å². The Hall–Kier alpha value is -2.71. The van der Waals surface area contributed by atoms with Crippen LogP contribution in [0.4, 0.5) is 15.0 Å². The molecule has 0 radical (unpaired) electrons. The number of pyridine rings is 1. The number of nitrogens with zero attached hydrogens (tertiary/aromatic N) is 2. The first-order valence-electron chi connectivity index (χ1n) is 9.50. The third-order valence-electron chi connectivity index (χ3n) is 4.67. The second-order valence-electron chi connectivity index (χ2n) is 6.82. The molecule has 0 spiro atoms. The van der Waals surface area contributed by atoms with E-state index >= 15 is 0 Å². The van der Waals surface area contributed by atoms with Crippen LogP contribution in [-0.2, 0) is 16.0 Å². The van der Waals surface area contributed by atoms with Gasteiger partial charge in [-0.05, 0) is 35.6 Å². The smallest absolute Gasteiger partial charge is 0.412 e. The molecule has 1 N–H and O–H groups in total. The fourth-order valence-electron chi connectivity index (χ4n) is 2.92. The number of carbonyl (C=O) groups is 2. The van der Waals surface area contributed by atoms with Gasteiger partial charge in [0.15, 0.2) is 0 Å². The van der Waals surface area contributed by atoms with E-state index in [0.29, 0.717) is 17.8 Å². The number of likely N-dealkylation sites (N-methyl/N-ethyl adjacent to an activating group) is 1. The zero-order valence-electron chi connectivity index (χ0n) is 16.7. The molecular formula is C22H20BrClFN3O3. The van der Waals surface area contributed by atoms with E-state index in [-0.39, 0.29) is 30.5 Å². The minimum atomic E-state index is -0.658. The number of anilines is 1. The van der Waals surface area contributed by atoms with Crippen molar-refractivity contribution in [3.05, 3.63) is 69.5 Å². The van der Waals surface area contributed by atoms with Crippen molar-refractivity contribution in [1.29, 1.82) is 0 Å². The number of rotatable bonds is 7. The summed E-state index contributed by atoms with van der Waals surface area (Å²) >= 11 is 9.36. The van der Waals surface area contributed by atoms with E-state index in [0.717, 1.165) is 15.2 Å². The van der Waals surface area contributed by atoms with Gasteiger partial charge in [0.25, 0.3) is 0 Å². The van der Waals surface area contributed by atoms with E-state index < -0.39 is 11.9 Å². The van der Waals surface area contributed by atoms with Gasteiger partial charge in [0.05, 0.1) is 11.6 Å². The number of carbonyl (C=O) groups excluding carboxylic acids is 2. The summed E-state index contributed by atoms with van der Waals surface area (Å²) < 4.78 is 19.5. The van der Waals surface area contributed by atoms with Gasteiger partial charge in [-0.2, -0.15) is 0 Å². The summed E-state index contributed by atoms with van der Waals surface area (Å²) in [6.07, 6.45) is 1.49. The number of hydrogen-bond donors (Lipinski definition) is 1. The number of hydrogen-bond acceptors (Lipinski definition) is 4. The molecule has 0 aliphatic carbocycles. The quantitative estimate of drug-likeness (QED) is 0.462. The monoisotopic (exact) mass is 507 g/mol. The Morgan fingerprint density at radius 2 is 2.03 bits per heavy atom. The fraction of sp³-hybridized carbons (Fsp3) is 0.227. The highest BCUT2D eigenvalue weighted by Gasteiger charge is 2.13. The van der Waals surface area contributed by atoms with Crippen molar-refractivity contribution < 1.29 is 18.7 Å². The molecule has 0 fully saturated rings. The molecule has 1 aromatic heterocycles. The molecule has 1 heterocycles. The topological polar surface area (TPSA) is 71.5 Å². The highest BCUT2D eigenvalue weighted by Crippen LogP contribution is 2.24. The molecule has 6 nitrogen and oxygen atoms in total. The number of benzene rings is 2. The average molecular weight is 509 g/mol. The lowest BCUT2D eigenvalue weighted by molar-refractivity contribution is -0.130. The average Bonchev–Trinajstić information content (AvgIpc) is 2.74. The van der Waals surface area contributed by atoms with Crippen LogP contribution in [0.2, 0.25) is 5.02 Å². The zero-order chi connectivity index (χ0) is 22.4. The third-order valence-corrected chi connectivity index (χ3v) is 5.78. The first kappa shape index (κ1) is 23.0. The summed E-state index contributed by atoms with van der Waals surface area (Å²) in [4.78, 5) is 29.9. The predicted molar refractivity (Wildman–Crippen MR) is 122 cm³/mol. The number of halogens is 3. The maximum atomic E-state index is 13.5. The molecule has 0 aliphatic rings. The van der Waals surface area contributed by atoms with Crippen LogP contribution in [0, 0.1) is 5.82 Å². The second kappa shape index (κ2) is 10.5. The standard InChI is InChI=1S/C22H20BrClFN3O3/c1-28(20(29)9-8-14-4-3-7-18(25)21(14)24)10-11-31-22(30)27-19-12-15-5-2-6-17(23)16(15)13-26-19/h2-7,12-13H,8-11H2,1H3,(H,26,27,30). The van der Waals surface area contributed by atoms with E-state index in [1.54, 1.807) is 31.4 Å². The molecule has 3 aromatic rings. The van der Waals surface area contributed by atoms with Gasteiger partial charge in [-0.1, -0.05) is 51.8 Å². The third kappa shape index (κ3) is 6.15. The minimum absolute atomic E-state index is 0.0218. The van der Waals surface area contributed by atoms with Gasteiger partial charge in [0.1, 0.15) is 18.2 Å². The number of aryl methyl sites for hydroxylation is 1. The van der Waals surface area contributed by atoms with Gasteiger partial charge in [-0.25, -0.2) is 14.2 Å². The Bertz CT molecular complexity index is 1110. The summed E-state index contributed by atoms with van der Waals surface area (Å²) in [5.41, 5.74) is 0.578. The molecular weight excluding hydrogens is 489 g/mol. The minimum Gasteiger partial charge on any atom is -0.447 e.